The van der Waals surface area contributed by atoms with Crippen molar-refractivity contribution in [1.82, 2.24) is 9.97 Å². The Bertz CT molecular complexity index is 713. The van der Waals surface area contributed by atoms with Gasteiger partial charge in [0, 0.05) is 22.6 Å². The van der Waals surface area contributed by atoms with Crippen LogP contribution in [0.1, 0.15) is 17.0 Å². The van der Waals surface area contributed by atoms with E-state index in [0.717, 1.165) is 30.3 Å². The van der Waals surface area contributed by atoms with Gasteiger partial charge >= 0.3 is 0 Å². The van der Waals surface area contributed by atoms with E-state index in [4.69, 9.17) is 0 Å². The van der Waals surface area contributed by atoms with Crippen LogP contribution < -0.4 is 5.32 Å². The van der Waals surface area contributed by atoms with Gasteiger partial charge in [0.1, 0.15) is 0 Å². The molecule has 20 heavy (non-hydrogen) atoms. The minimum Gasteiger partial charge on any atom is -0.354 e. The highest BCUT2D eigenvalue weighted by Crippen LogP contribution is 2.25. The first-order valence-corrected chi connectivity index (χ1v) is 7.61. The molecule has 0 bridgehead atoms. The Hall–Kier alpha value is -1.94. The second-order valence-corrected chi connectivity index (χ2v) is 5.82. The average molecular weight is 283 g/mol. The van der Waals surface area contributed by atoms with Crippen molar-refractivity contribution in [2.24, 2.45) is 0 Å². The molecule has 2 aromatic heterocycles. The quantitative estimate of drug-likeness (QED) is 0.787. The minimum atomic E-state index is 0.724. The number of hydrogen-bond acceptors (Lipinski definition) is 4. The standard InChI is InChI=1S/C16H17N3S/c1-11-9-12(2)19-16(18-11)17-8-7-13-10-20-15-6-4-3-5-14(13)15/h3-6,9-10H,7-8H2,1-2H3,(H,17,18,19). The highest BCUT2D eigenvalue weighted by Gasteiger charge is 2.04. The van der Waals surface area contributed by atoms with Gasteiger partial charge < -0.3 is 5.32 Å². The molecule has 0 saturated heterocycles. The van der Waals surface area contributed by atoms with Crippen LogP contribution in [-0.2, 0) is 6.42 Å². The van der Waals surface area contributed by atoms with E-state index >= 15 is 0 Å². The van der Waals surface area contributed by atoms with E-state index in [1.165, 1.54) is 15.6 Å². The Balaban J connectivity index is 1.68. The summed E-state index contributed by atoms with van der Waals surface area (Å²) in [4.78, 5) is 8.79. The molecule has 3 nitrogen and oxygen atoms in total. The van der Waals surface area contributed by atoms with Gasteiger partial charge in [-0.1, -0.05) is 18.2 Å². The summed E-state index contributed by atoms with van der Waals surface area (Å²) in [6.45, 7) is 4.84. The number of aromatic nitrogens is 2. The Kier molecular flexibility index (Phi) is 3.65. The van der Waals surface area contributed by atoms with Crippen LogP contribution in [-0.4, -0.2) is 16.5 Å². The zero-order chi connectivity index (χ0) is 13.9. The Labute approximate surface area is 122 Å². The molecule has 0 aliphatic rings. The number of benzene rings is 1. The molecule has 4 heteroatoms. The molecule has 0 radical (unpaired) electrons. The van der Waals surface area contributed by atoms with Gasteiger partial charge in [-0.15, -0.1) is 11.3 Å². The summed E-state index contributed by atoms with van der Waals surface area (Å²) in [5.74, 6) is 0.724. The molecule has 3 aromatic rings. The smallest absolute Gasteiger partial charge is 0.223 e. The Morgan fingerprint density at radius 1 is 1.10 bits per heavy atom. The lowest BCUT2D eigenvalue weighted by Gasteiger charge is -2.06. The monoisotopic (exact) mass is 283 g/mol. The summed E-state index contributed by atoms with van der Waals surface area (Å²) in [5, 5.41) is 6.92. The van der Waals surface area contributed by atoms with Gasteiger partial charge in [0.25, 0.3) is 0 Å². The fraction of sp³-hybridized carbons (Fsp3) is 0.250. The molecular formula is C16H17N3S. The van der Waals surface area contributed by atoms with E-state index in [9.17, 15) is 0 Å². The van der Waals surface area contributed by atoms with Crippen molar-refractivity contribution in [3.05, 3.63) is 52.7 Å². The zero-order valence-corrected chi connectivity index (χ0v) is 12.5. The molecule has 0 saturated carbocycles. The molecule has 1 N–H and O–H groups in total. The topological polar surface area (TPSA) is 37.8 Å². The number of rotatable bonds is 4. The Morgan fingerprint density at radius 2 is 1.85 bits per heavy atom. The van der Waals surface area contributed by atoms with Crippen molar-refractivity contribution in [3.8, 4) is 0 Å². The molecule has 0 aliphatic carbocycles. The number of hydrogen-bond donors (Lipinski definition) is 1. The number of thiophene rings is 1. The summed E-state index contributed by atoms with van der Waals surface area (Å²) in [6, 6.07) is 10.5. The fourth-order valence-electron chi connectivity index (χ4n) is 2.34. The molecule has 0 fully saturated rings. The van der Waals surface area contributed by atoms with Crippen LogP contribution in [0.4, 0.5) is 5.95 Å². The van der Waals surface area contributed by atoms with Crippen molar-refractivity contribution >= 4 is 27.4 Å². The number of nitrogens with zero attached hydrogens (tertiary/aromatic N) is 2. The molecule has 2 heterocycles. The Morgan fingerprint density at radius 3 is 2.65 bits per heavy atom. The van der Waals surface area contributed by atoms with Crippen molar-refractivity contribution in [2.75, 3.05) is 11.9 Å². The highest BCUT2D eigenvalue weighted by molar-refractivity contribution is 7.17. The second kappa shape index (κ2) is 5.59. The number of anilines is 1. The van der Waals surface area contributed by atoms with Gasteiger partial charge in [0.05, 0.1) is 0 Å². The molecule has 0 aliphatic heterocycles. The third-order valence-corrected chi connectivity index (χ3v) is 4.23. The van der Waals surface area contributed by atoms with Crippen molar-refractivity contribution in [3.63, 3.8) is 0 Å². The van der Waals surface area contributed by atoms with Crippen LogP contribution >= 0.6 is 11.3 Å². The largest absolute Gasteiger partial charge is 0.354 e. The van der Waals surface area contributed by atoms with Crippen LogP contribution in [0.2, 0.25) is 0 Å². The van der Waals surface area contributed by atoms with E-state index < -0.39 is 0 Å². The maximum Gasteiger partial charge on any atom is 0.223 e. The van der Waals surface area contributed by atoms with Crippen molar-refractivity contribution < 1.29 is 0 Å². The van der Waals surface area contributed by atoms with Crippen LogP contribution in [0, 0.1) is 13.8 Å². The molecule has 3 rings (SSSR count). The van der Waals surface area contributed by atoms with Crippen molar-refractivity contribution in [2.45, 2.75) is 20.3 Å². The normalized spacial score (nSPS) is 10.9. The maximum absolute atomic E-state index is 4.40. The molecule has 1 aromatic carbocycles. The van der Waals surface area contributed by atoms with Gasteiger partial charge in [0.15, 0.2) is 0 Å². The zero-order valence-electron chi connectivity index (χ0n) is 11.7. The van der Waals surface area contributed by atoms with E-state index in [1.54, 1.807) is 11.3 Å². The number of nitrogens with one attached hydrogen (secondary N) is 1. The summed E-state index contributed by atoms with van der Waals surface area (Å²) in [5.41, 5.74) is 3.39. The summed E-state index contributed by atoms with van der Waals surface area (Å²) >= 11 is 1.81. The van der Waals surface area contributed by atoms with Crippen LogP contribution in [0.15, 0.2) is 35.7 Å². The average Bonchev–Trinajstić information content (AvgIpc) is 2.81. The lowest BCUT2D eigenvalue weighted by atomic mass is 10.1. The van der Waals surface area contributed by atoms with Crippen LogP contribution in [0.5, 0.6) is 0 Å². The van der Waals surface area contributed by atoms with Gasteiger partial charge in [-0.25, -0.2) is 9.97 Å². The summed E-state index contributed by atoms with van der Waals surface area (Å²) in [7, 11) is 0. The van der Waals surface area contributed by atoms with Gasteiger partial charge in [-0.2, -0.15) is 0 Å². The first kappa shape index (κ1) is 13.1. The van der Waals surface area contributed by atoms with Crippen LogP contribution in [0.25, 0.3) is 10.1 Å². The predicted octanol–water partition coefficient (Wildman–Crippen LogP) is 3.96. The van der Waals surface area contributed by atoms with Gasteiger partial charge in [0.2, 0.25) is 5.95 Å². The molecule has 0 atom stereocenters. The number of fused-ring (bicyclic) bond motifs is 1. The predicted molar refractivity (Wildman–Crippen MR) is 85.5 cm³/mol. The third kappa shape index (κ3) is 2.80. The van der Waals surface area contributed by atoms with E-state index in [0.29, 0.717) is 0 Å². The van der Waals surface area contributed by atoms with Gasteiger partial charge in [-0.05, 0) is 48.7 Å². The molecule has 0 spiro atoms. The number of aryl methyl sites for hydroxylation is 2. The molecule has 102 valence electrons. The summed E-state index contributed by atoms with van der Waals surface area (Å²) < 4.78 is 1.35. The highest BCUT2D eigenvalue weighted by atomic mass is 32.1. The summed E-state index contributed by atoms with van der Waals surface area (Å²) in [6.07, 6.45) is 0.986. The van der Waals surface area contributed by atoms with E-state index in [1.807, 2.05) is 19.9 Å². The van der Waals surface area contributed by atoms with Crippen molar-refractivity contribution in [1.29, 1.82) is 0 Å². The lowest BCUT2D eigenvalue weighted by Crippen LogP contribution is -2.08. The molecule has 0 amide bonds. The first-order valence-electron chi connectivity index (χ1n) is 6.73. The van der Waals surface area contributed by atoms with Gasteiger partial charge in [-0.3, -0.25) is 0 Å². The minimum absolute atomic E-state index is 0.724. The molecular weight excluding hydrogens is 266 g/mol. The SMILES string of the molecule is Cc1cc(C)nc(NCCc2csc3ccccc23)n1. The molecule has 0 unspecified atom stereocenters. The van der Waals surface area contributed by atoms with E-state index in [2.05, 4.69) is 44.9 Å². The second-order valence-electron chi connectivity index (χ2n) is 4.91. The third-order valence-electron chi connectivity index (χ3n) is 3.22. The van der Waals surface area contributed by atoms with E-state index in [-0.39, 0.29) is 0 Å². The fourth-order valence-corrected chi connectivity index (χ4v) is 3.34. The van der Waals surface area contributed by atoms with Crippen LogP contribution in [0.3, 0.4) is 0 Å². The maximum atomic E-state index is 4.40. The first-order chi connectivity index (χ1) is 9.72. The lowest BCUT2D eigenvalue weighted by molar-refractivity contribution is 0.970.